The van der Waals surface area contributed by atoms with Gasteiger partial charge >= 0.3 is 0 Å². The van der Waals surface area contributed by atoms with Crippen molar-refractivity contribution in [3.05, 3.63) is 83.8 Å². The number of hydrogen-bond acceptors (Lipinski definition) is 5. The van der Waals surface area contributed by atoms with Gasteiger partial charge < -0.3 is 14.5 Å². The van der Waals surface area contributed by atoms with E-state index in [1.807, 2.05) is 37.3 Å². The molecule has 0 fully saturated rings. The van der Waals surface area contributed by atoms with Crippen LogP contribution in [0.1, 0.15) is 36.3 Å². The van der Waals surface area contributed by atoms with Crippen molar-refractivity contribution in [1.29, 1.82) is 0 Å². The lowest BCUT2D eigenvalue weighted by Gasteiger charge is -2.20. The first kappa shape index (κ1) is 20.4. The molecule has 2 amide bonds. The summed E-state index contributed by atoms with van der Waals surface area (Å²) in [5.41, 5.74) is 3.45. The third kappa shape index (κ3) is 4.66. The monoisotopic (exact) mass is 417 g/mol. The lowest BCUT2D eigenvalue weighted by Crippen LogP contribution is -2.31. The molecule has 0 radical (unpaired) electrons. The van der Waals surface area contributed by atoms with Crippen molar-refractivity contribution in [3.8, 4) is 5.75 Å². The van der Waals surface area contributed by atoms with E-state index in [4.69, 9.17) is 9.15 Å². The second-order valence-corrected chi connectivity index (χ2v) is 7.35. The molecule has 3 aromatic rings. The van der Waals surface area contributed by atoms with Gasteiger partial charge in [0.2, 0.25) is 5.91 Å². The highest BCUT2D eigenvalue weighted by atomic mass is 16.5. The van der Waals surface area contributed by atoms with Crippen LogP contribution >= 0.6 is 0 Å². The number of para-hydroxylation sites is 2. The number of carbonyl (C=O) groups is 2. The minimum Gasteiger partial charge on any atom is -0.482 e. The second kappa shape index (κ2) is 8.87. The lowest BCUT2D eigenvalue weighted by molar-refractivity contribution is -0.135. The Hall–Kier alpha value is -3.87. The molecule has 0 aliphatic carbocycles. The van der Waals surface area contributed by atoms with Gasteiger partial charge in [-0.15, -0.1) is 0 Å². The van der Waals surface area contributed by atoms with Gasteiger partial charge in [-0.05, 0) is 36.8 Å². The number of hydrogen-bond donors (Lipinski definition) is 1. The van der Waals surface area contributed by atoms with Crippen molar-refractivity contribution in [3.63, 3.8) is 0 Å². The summed E-state index contributed by atoms with van der Waals surface area (Å²) in [7, 11) is 0. The zero-order valence-electron chi connectivity index (χ0n) is 17.4. The normalized spacial score (nSPS) is 15.5. The van der Waals surface area contributed by atoms with Gasteiger partial charge in [0.1, 0.15) is 17.6 Å². The second-order valence-electron chi connectivity index (χ2n) is 7.35. The van der Waals surface area contributed by atoms with Gasteiger partial charge in [-0.25, -0.2) is 5.01 Å². The standard InChI is InChI=1S/C24H23N3O4/c1-16-9-11-18(12-10-16)20-14-21(23-8-5-13-30-23)27(26-20)24(29)15-31-22-7-4-3-6-19(22)25-17(2)28/h3-13,21H,14-15H2,1-2H3,(H,25,28)/t21-/m1/s1. The van der Waals surface area contributed by atoms with Crippen LogP contribution in [-0.2, 0) is 9.59 Å². The summed E-state index contributed by atoms with van der Waals surface area (Å²) in [4.78, 5) is 24.5. The SMILES string of the molecule is CC(=O)Nc1ccccc1OCC(=O)N1N=C(c2ccc(C)cc2)C[C@@H]1c1ccco1. The number of anilines is 1. The molecule has 1 aliphatic heterocycles. The maximum Gasteiger partial charge on any atom is 0.281 e. The van der Waals surface area contributed by atoms with E-state index in [0.29, 0.717) is 23.6 Å². The number of benzene rings is 2. The van der Waals surface area contributed by atoms with E-state index < -0.39 is 0 Å². The number of rotatable bonds is 6. The summed E-state index contributed by atoms with van der Waals surface area (Å²) >= 11 is 0. The van der Waals surface area contributed by atoms with Crippen LogP contribution in [0.4, 0.5) is 5.69 Å². The third-order valence-electron chi connectivity index (χ3n) is 4.97. The van der Waals surface area contributed by atoms with E-state index in [0.717, 1.165) is 16.8 Å². The van der Waals surface area contributed by atoms with Gasteiger partial charge in [0.05, 0.1) is 17.7 Å². The molecular formula is C24H23N3O4. The van der Waals surface area contributed by atoms with Gasteiger partial charge in [0, 0.05) is 13.3 Å². The first-order valence-electron chi connectivity index (χ1n) is 10.0. The van der Waals surface area contributed by atoms with Crippen LogP contribution in [0.5, 0.6) is 5.75 Å². The number of carbonyl (C=O) groups excluding carboxylic acids is 2. The number of amides is 2. The van der Waals surface area contributed by atoms with Gasteiger partial charge in [-0.2, -0.15) is 5.10 Å². The van der Waals surface area contributed by atoms with Crippen LogP contribution in [-0.4, -0.2) is 29.1 Å². The molecule has 31 heavy (non-hydrogen) atoms. The Bertz CT molecular complexity index is 1100. The number of hydrazone groups is 1. The van der Waals surface area contributed by atoms with Crippen molar-refractivity contribution in [2.75, 3.05) is 11.9 Å². The van der Waals surface area contributed by atoms with E-state index in [1.54, 1.807) is 36.6 Å². The molecule has 0 saturated heterocycles. The van der Waals surface area contributed by atoms with Gasteiger partial charge in [-0.3, -0.25) is 9.59 Å². The van der Waals surface area contributed by atoms with Crippen molar-refractivity contribution >= 4 is 23.2 Å². The predicted octanol–water partition coefficient (Wildman–Crippen LogP) is 4.30. The summed E-state index contributed by atoms with van der Waals surface area (Å²) in [5.74, 6) is 0.564. The van der Waals surface area contributed by atoms with E-state index >= 15 is 0 Å². The van der Waals surface area contributed by atoms with Crippen molar-refractivity contribution in [2.45, 2.75) is 26.3 Å². The first-order chi connectivity index (χ1) is 15.0. The Morgan fingerprint density at radius 2 is 1.90 bits per heavy atom. The zero-order chi connectivity index (χ0) is 21.8. The molecule has 7 heteroatoms. The topological polar surface area (TPSA) is 84.1 Å². The zero-order valence-corrected chi connectivity index (χ0v) is 17.4. The van der Waals surface area contributed by atoms with Crippen LogP contribution in [0, 0.1) is 6.92 Å². The number of nitrogens with zero attached hydrogens (tertiary/aromatic N) is 2. The molecule has 0 spiro atoms. The molecular weight excluding hydrogens is 394 g/mol. The average molecular weight is 417 g/mol. The van der Waals surface area contributed by atoms with Gasteiger partial charge in [-0.1, -0.05) is 42.0 Å². The molecule has 0 bridgehead atoms. The molecule has 1 atom stereocenters. The van der Waals surface area contributed by atoms with Gasteiger partial charge in [0.25, 0.3) is 5.91 Å². The Kier molecular flexibility index (Phi) is 5.84. The highest BCUT2D eigenvalue weighted by Gasteiger charge is 2.35. The summed E-state index contributed by atoms with van der Waals surface area (Å²) in [6.45, 7) is 3.22. The van der Waals surface area contributed by atoms with Crippen molar-refractivity contribution in [1.82, 2.24) is 5.01 Å². The van der Waals surface area contributed by atoms with Crippen LogP contribution in [0.3, 0.4) is 0 Å². The minimum absolute atomic E-state index is 0.216. The van der Waals surface area contributed by atoms with E-state index in [-0.39, 0.29) is 24.5 Å². The van der Waals surface area contributed by atoms with Crippen molar-refractivity contribution in [2.24, 2.45) is 5.10 Å². The molecule has 0 saturated carbocycles. The fourth-order valence-corrected chi connectivity index (χ4v) is 3.45. The summed E-state index contributed by atoms with van der Waals surface area (Å²) in [5, 5.41) is 8.72. The highest BCUT2D eigenvalue weighted by molar-refractivity contribution is 6.03. The summed E-state index contributed by atoms with van der Waals surface area (Å²) in [6.07, 6.45) is 2.13. The lowest BCUT2D eigenvalue weighted by atomic mass is 10.0. The smallest absolute Gasteiger partial charge is 0.281 e. The maximum absolute atomic E-state index is 13.1. The van der Waals surface area contributed by atoms with E-state index in [1.165, 1.54) is 11.9 Å². The van der Waals surface area contributed by atoms with Crippen LogP contribution in [0.25, 0.3) is 0 Å². The van der Waals surface area contributed by atoms with E-state index in [9.17, 15) is 9.59 Å². The number of furan rings is 1. The Morgan fingerprint density at radius 3 is 2.61 bits per heavy atom. The third-order valence-corrected chi connectivity index (χ3v) is 4.97. The molecule has 1 N–H and O–H groups in total. The number of aryl methyl sites for hydroxylation is 1. The quantitative estimate of drug-likeness (QED) is 0.648. The largest absolute Gasteiger partial charge is 0.482 e. The Balaban J connectivity index is 1.54. The molecule has 2 aromatic carbocycles. The summed E-state index contributed by atoms with van der Waals surface area (Å²) in [6, 6.07) is 18.3. The van der Waals surface area contributed by atoms with E-state index in [2.05, 4.69) is 10.4 Å². The van der Waals surface area contributed by atoms with Gasteiger partial charge in [0.15, 0.2) is 6.61 Å². The number of nitrogens with one attached hydrogen (secondary N) is 1. The molecule has 158 valence electrons. The maximum atomic E-state index is 13.1. The molecule has 4 rings (SSSR count). The van der Waals surface area contributed by atoms with Crippen LogP contribution < -0.4 is 10.1 Å². The first-order valence-corrected chi connectivity index (χ1v) is 10.0. The fourth-order valence-electron chi connectivity index (χ4n) is 3.45. The highest BCUT2D eigenvalue weighted by Crippen LogP contribution is 2.33. The minimum atomic E-state index is -0.340. The predicted molar refractivity (Wildman–Crippen MR) is 117 cm³/mol. The molecule has 0 unspecified atom stereocenters. The molecule has 7 nitrogen and oxygen atoms in total. The molecule has 2 heterocycles. The average Bonchev–Trinajstić information content (AvgIpc) is 3.43. The Labute approximate surface area is 180 Å². The van der Waals surface area contributed by atoms with Crippen LogP contribution in [0.15, 0.2) is 76.4 Å². The summed E-state index contributed by atoms with van der Waals surface area (Å²) < 4.78 is 11.3. The number of ether oxygens (including phenoxy) is 1. The van der Waals surface area contributed by atoms with Crippen LogP contribution in [0.2, 0.25) is 0 Å². The molecule has 1 aliphatic rings. The Morgan fingerprint density at radius 1 is 1.13 bits per heavy atom. The molecule has 1 aromatic heterocycles. The fraction of sp³-hybridized carbons (Fsp3) is 0.208. The van der Waals surface area contributed by atoms with Crippen molar-refractivity contribution < 1.29 is 18.7 Å².